The molecule has 0 atom stereocenters. The van der Waals surface area contributed by atoms with Crippen molar-refractivity contribution in [2.24, 2.45) is 0 Å². The monoisotopic (exact) mass is 356 g/mol. The third-order valence-corrected chi connectivity index (χ3v) is 4.14. The summed E-state index contributed by atoms with van der Waals surface area (Å²) in [6, 6.07) is 11.4. The number of methoxy groups -OCH3 is 1. The van der Waals surface area contributed by atoms with E-state index in [0.29, 0.717) is 37.7 Å². The first kappa shape index (κ1) is 18.2. The van der Waals surface area contributed by atoms with Gasteiger partial charge in [0, 0.05) is 32.9 Å². The first-order valence-electron chi connectivity index (χ1n) is 8.70. The summed E-state index contributed by atoms with van der Waals surface area (Å²) in [7, 11) is 1.65. The number of aromatic nitrogens is 1. The Hall–Kier alpha value is -2.64. The lowest BCUT2D eigenvalue weighted by atomic mass is 10.2. The predicted molar refractivity (Wildman–Crippen MR) is 102 cm³/mol. The Labute approximate surface area is 153 Å². The number of morpholine rings is 1. The van der Waals surface area contributed by atoms with Gasteiger partial charge in [-0.2, -0.15) is 0 Å². The van der Waals surface area contributed by atoms with Crippen LogP contribution in [0.3, 0.4) is 0 Å². The number of para-hydroxylation sites is 2. The summed E-state index contributed by atoms with van der Waals surface area (Å²) in [6.45, 7) is 4.30. The molecule has 2 N–H and O–H groups in total. The highest BCUT2D eigenvalue weighted by atomic mass is 16.5. The summed E-state index contributed by atoms with van der Waals surface area (Å²) in [5.74, 6) is 0.536. The minimum absolute atomic E-state index is 0.179. The smallest absolute Gasteiger partial charge is 0.257 e. The van der Waals surface area contributed by atoms with Gasteiger partial charge in [-0.25, -0.2) is 4.98 Å². The zero-order chi connectivity index (χ0) is 18.2. The molecule has 3 rings (SSSR count). The van der Waals surface area contributed by atoms with Gasteiger partial charge in [-0.3, -0.25) is 4.79 Å². The van der Waals surface area contributed by atoms with Gasteiger partial charge in [0.25, 0.3) is 5.91 Å². The second kappa shape index (κ2) is 9.17. The molecule has 0 spiro atoms. The molecule has 0 saturated carbocycles. The number of rotatable bonds is 7. The van der Waals surface area contributed by atoms with Gasteiger partial charge in [0.15, 0.2) is 0 Å². The van der Waals surface area contributed by atoms with Crippen LogP contribution in [0.4, 0.5) is 17.2 Å². The van der Waals surface area contributed by atoms with Gasteiger partial charge in [-0.1, -0.05) is 12.1 Å². The Morgan fingerprint density at radius 3 is 2.77 bits per heavy atom. The van der Waals surface area contributed by atoms with Crippen LogP contribution in [0.1, 0.15) is 10.4 Å². The van der Waals surface area contributed by atoms with Gasteiger partial charge in [-0.05, 0) is 24.3 Å². The van der Waals surface area contributed by atoms with Crippen molar-refractivity contribution in [3.8, 4) is 0 Å². The number of carbonyl (C=O) groups excluding carboxylic acids is 1. The fourth-order valence-corrected chi connectivity index (χ4v) is 2.77. The van der Waals surface area contributed by atoms with E-state index in [4.69, 9.17) is 9.47 Å². The molecule has 0 unspecified atom stereocenters. The van der Waals surface area contributed by atoms with Crippen molar-refractivity contribution in [2.45, 2.75) is 0 Å². The molecule has 1 aromatic heterocycles. The van der Waals surface area contributed by atoms with E-state index in [1.54, 1.807) is 25.4 Å². The van der Waals surface area contributed by atoms with E-state index in [1.165, 1.54) is 0 Å². The first-order valence-corrected chi connectivity index (χ1v) is 8.70. The van der Waals surface area contributed by atoms with Crippen LogP contribution in [0.15, 0.2) is 42.6 Å². The Balaban J connectivity index is 1.66. The maximum Gasteiger partial charge on any atom is 0.257 e. The third kappa shape index (κ3) is 4.71. The van der Waals surface area contributed by atoms with Gasteiger partial charge >= 0.3 is 0 Å². The summed E-state index contributed by atoms with van der Waals surface area (Å²) in [4.78, 5) is 19.1. The van der Waals surface area contributed by atoms with Crippen LogP contribution in [0.5, 0.6) is 0 Å². The normalized spacial score (nSPS) is 14.1. The molecule has 1 aliphatic heterocycles. The van der Waals surface area contributed by atoms with Crippen LogP contribution >= 0.6 is 0 Å². The number of carbonyl (C=O) groups is 1. The van der Waals surface area contributed by atoms with Crippen molar-refractivity contribution < 1.29 is 14.3 Å². The molecular weight excluding hydrogens is 332 g/mol. The summed E-state index contributed by atoms with van der Waals surface area (Å²) < 4.78 is 10.4. The van der Waals surface area contributed by atoms with Crippen molar-refractivity contribution in [2.75, 3.05) is 62.1 Å². The molecule has 7 heteroatoms. The van der Waals surface area contributed by atoms with Gasteiger partial charge in [-0.15, -0.1) is 0 Å². The quantitative estimate of drug-likeness (QED) is 0.741. The lowest BCUT2D eigenvalue weighted by molar-refractivity contribution is 0.102. The van der Waals surface area contributed by atoms with E-state index in [-0.39, 0.29) is 5.91 Å². The number of nitrogens with zero attached hydrogens (tertiary/aromatic N) is 2. The van der Waals surface area contributed by atoms with Crippen LogP contribution in [-0.2, 0) is 9.47 Å². The SMILES string of the molecule is COCCNc1ccc(C(=O)Nc2ccccc2N2CCOCC2)cn1. The number of ether oxygens (including phenoxy) is 2. The van der Waals surface area contributed by atoms with Gasteiger partial charge in [0.05, 0.1) is 36.8 Å². The topological polar surface area (TPSA) is 75.7 Å². The second-order valence-electron chi connectivity index (χ2n) is 5.92. The zero-order valence-corrected chi connectivity index (χ0v) is 14.9. The number of amides is 1. The molecule has 1 amide bonds. The van der Waals surface area contributed by atoms with Crippen molar-refractivity contribution >= 4 is 23.1 Å². The standard InChI is InChI=1S/C19H24N4O3/c1-25-11-8-20-18-7-6-15(14-21-18)19(24)22-16-4-2-3-5-17(16)23-9-12-26-13-10-23/h2-7,14H,8-13H2,1H3,(H,20,21)(H,22,24). The summed E-state index contributed by atoms with van der Waals surface area (Å²) in [5, 5.41) is 6.12. The van der Waals surface area contributed by atoms with E-state index < -0.39 is 0 Å². The third-order valence-electron chi connectivity index (χ3n) is 4.14. The van der Waals surface area contributed by atoms with Crippen LogP contribution in [0, 0.1) is 0 Å². The molecule has 2 aromatic rings. The van der Waals surface area contributed by atoms with E-state index >= 15 is 0 Å². The number of benzene rings is 1. The van der Waals surface area contributed by atoms with Gasteiger partial charge in [0.1, 0.15) is 5.82 Å². The number of anilines is 3. The Morgan fingerprint density at radius 1 is 1.23 bits per heavy atom. The Morgan fingerprint density at radius 2 is 2.04 bits per heavy atom. The van der Waals surface area contributed by atoms with E-state index in [2.05, 4.69) is 20.5 Å². The number of hydrogen-bond donors (Lipinski definition) is 2. The lowest BCUT2D eigenvalue weighted by Crippen LogP contribution is -2.36. The summed E-state index contributed by atoms with van der Waals surface area (Å²) in [6.07, 6.45) is 1.57. The number of pyridine rings is 1. The minimum atomic E-state index is -0.179. The predicted octanol–water partition coefficient (Wildman–Crippen LogP) is 2.23. The van der Waals surface area contributed by atoms with Gasteiger partial charge < -0.3 is 25.0 Å². The van der Waals surface area contributed by atoms with E-state index in [0.717, 1.165) is 24.5 Å². The maximum absolute atomic E-state index is 12.6. The Bertz CT molecular complexity index is 715. The number of hydrogen-bond acceptors (Lipinski definition) is 6. The van der Waals surface area contributed by atoms with Crippen LogP contribution in [0.25, 0.3) is 0 Å². The molecule has 1 saturated heterocycles. The van der Waals surface area contributed by atoms with E-state index in [9.17, 15) is 4.79 Å². The largest absolute Gasteiger partial charge is 0.383 e. The maximum atomic E-state index is 12.6. The molecule has 138 valence electrons. The molecule has 1 aliphatic rings. The van der Waals surface area contributed by atoms with Gasteiger partial charge in [0.2, 0.25) is 0 Å². The highest BCUT2D eigenvalue weighted by molar-refractivity contribution is 6.05. The van der Waals surface area contributed by atoms with Crippen molar-refractivity contribution in [3.05, 3.63) is 48.2 Å². The highest BCUT2D eigenvalue weighted by Gasteiger charge is 2.16. The highest BCUT2D eigenvalue weighted by Crippen LogP contribution is 2.26. The molecule has 7 nitrogen and oxygen atoms in total. The Kier molecular flexibility index (Phi) is 6.40. The lowest BCUT2D eigenvalue weighted by Gasteiger charge is -2.30. The fraction of sp³-hybridized carbons (Fsp3) is 0.368. The minimum Gasteiger partial charge on any atom is -0.383 e. The molecule has 1 fully saturated rings. The van der Waals surface area contributed by atoms with Crippen molar-refractivity contribution in [3.63, 3.8) is 0 Å². The molecule has 0 aliphatic carbocycles. The van der Waals surface area contributed by atoms with Crippen molar-refractivity contribution in [1.82, 2.24) is 4.98 Å². The average Bonchev–Trinajstić information content (AvgIpc) is 2.70. The van der Waals surface area contributed by atoms with Crippen molar-refractivity contribution in [1.29, 1.82) is 0 Å². The fourth-order valence-electron chi connectivity index (χ4n) is 2.77. The second-order valence-corrected chi connectivity index (χ2v) is 5.92. The molecule has 26 heavy (non-hydrogen) atoms. The molecule has 2 heterocycles. The average molecular weight is 356 g/mol. The summed E-state index contributed by atoms with van der Waals surface area (Å²) >= 11 is 0. The van der Waals surface area contributed by atoms with Crippen LogP contribution in [-0.4, -0.2) is 57.5 Å². The van der Waals surface area contributed by atoms with Crippen LogP contribution < -0.4 is 15.5 Å². The molecule has 0 radical (unpaired) electrons. The molecular formula is C19H24N4O3. The van der Waals surface area contributed by atoms with Crippen LogP contribution in [0.2, 0.25) is 0 Å². The van der Waals surface area contributed by atoms with E-state index in [1.807, 2.05) is 24.3 Å². The molecule has 1 aromatic carbocycles. The zero-order valence-electron chi connectivity index (χ0n) is 14.9. The number of nitrogens with one attached hydrogen (secondary N) is 2. The first-order chi connectivity index (χ1) is 12.8. The summed E-state index contributed by atoms with van der Waals surface area (Å²) in [5.41, 5.74) is 2.32. The molecule has 0 bridgehead atoms.